The predicted octanol–water partition coefficient (Wildman–Crippen LogP) is 5.56. The van der Waals surface area contributed by atoms with Gasteiger partial charge in [-0.25, -0.2) is 0 Å². The molecule has 144 valence electrons. The summed E-state index contributed by atoms with van der Waals surface area (Å²) in [5.41, 5.74) is 7.24. The summed E-state index contributed by atoms with van der Waals surface area (Å²) in [6.07, 6.45) is 5.07. The van der Waals surface area contributed by atoms with Gasteiger partial charge in [0, 0.05) is 12.1 Å². The predicted molar refractivity (Wildman–Crippen MR) is 108 cm³/mol. The highest BCUT2D eigenvalue weighted by Gasteiger charge is 2.36. The average Bonchev–Trinajstić information content (AvgIpc) is 2.44. The van der Waals surface area contributed by atoms with E-state index < -0.39 is 0 Å². The van der Waals surface area contributed by atoms with Crippen LogP contribution in [0.25, 0.3) is 0 Å². The van der Waals surface area contributed by atoms with E-state index in [1.165, 1.54) is 32.4 Å². The maximum Gasteiger partial charge on any atom is 0.0118 e. The van der Waals surface area contributed by atoms with Crippen LogP contribution in [0, 0.1) is 28.6 Å². The zero-order valence-corrected chi connectivity index (χ0v) is 18.2. The Bertz CT molecular complexity index is 359. The fourth-order valence-corrected chi connectivity index (χ4v) is 4.58. The van der Waals surface area contributed by atoms with Gasteiger partial charge in [0.25, 0.3) is 0 Å². The van der Waals surface area contributed by atoms with Gasteiger partial charge in [0.2, 0.25) is 0 Å². The van der Waals surface area contributed by atoms with Crippen LogP contribution in [0.2, 0.25) is 0 Å². The first-order valence-corrected chi connectivity index (χ1v) is 10.3. The Kier molecular flexibility index (Phi) is 7.81. The smallest absolute Gasteiger partial charge is 0.0118 e. The zero-order chi connectivity index (χ0) is 18.7. The second-order valence-corrected chi connectivity index (χ2v) is 10.8. The van der Waals surface area contributed by atoms with Gasteiger partial charge in [0.05, 0.1) is 0 Å². The molecule has 2 heteroatoms. The molecule has 0 aromatic carbocycles. The van der Waals surface area contributed by atoms with Crippen LogP contribution in [0.4, 0.5) is 0 Å². The topological polar surface area (TPSA) is 29.3 Å². The molecule has 0 bridgehead atoms. The second kappa shape index (κ2) is 8.54. The molecule has 0 aromatic rings. The van der Waals surface area contributed by atoms with Gasteiger partial charge >= 0.3 is 0 Å². The Balaban J connectivity index is 2.58. The number of hydrogen-bond acceptors (Lipinski definition) is 2. The summed E-state index contributed by atoms with van der Waals surface area (Å²) in [7, 11) is 0. The minimum atomic E-state index is 0.322. The normalized spacial score (nSPS) is 22.6. The molecule has 1 heterocycles. The Morgan fingerprint density at radius 1 is 0.958 bits per heavy atom. The Morgan fingerprint density at radius 3 is 1.88 bits per heavy atom. The van der Waals surface area contributed by atoms with Gasteiger partial charge in [-0.3, -0.25) is 0 Å². The highest BCUT2D eigenvalue weighted by molar-refractivity contribution is 4.90. The molecule has 1 saturated heterocycles. The van der Waals surface area contributed by atoms with Gasteiger partial charge in [-0.1, -0.05) is 55.4 Å². The third-order valence-corrected chi connectivity index (χ3v) is 6.76. The molecule has 2 N–H and O–H groups in total. The van der Waals surface area contributed by atoms with Crippen LogP contribution in [-0.4, -0.2) is 30.1 Å². The largest absolute Gasteiger partial charge is 0.327 e. The third kappa shape index (κ3) is 6.33. The van der Waals surface area contributed by atoms with E-state index in [1.54, 1.807) is 0 Å². The van der Waals surface area contributed by atoms with Crippen LogP contribution in [0.5, 0.6) is 0 Å². The lowest BCUT2D eigenvalue weighted by atomic mass is 9.72. The molecule has 1 aliphatic heterocycles. The van der Waals surface area contributed by atoms with E-state index in [0.29, 0.717) is 34.7 Å². The molecule has 0 radical (unpaired) electrons. The summed E-state index contributed by atoms with van der Waals surface area (Å²) in [4.78, 5) is 2.74. The molecule has 1 aliphatic rings. The monoisotopic (exact) mass is 338 g/mol. The van der Waals surface area contributed by atoms with Crippen molar-refractivity contribution in [1.82, 2.24) is 4.90 Å². The van der Waals surface area contributed by atoms with Crippen LogP contribution >= 0.6 is 0 Å². The maximum atomic E-state index is 6.46. The molecule has 1 fully saturated rings. The van der Waals surface area contributed by atoms with Crippen molar-refractivity contribution in [3.63, 3.8) is 0 Å². The van der Waals surface area contributed by atoms with E-state index in [1.807, 2.05) is 0 Å². The van der Waals surface area contributed by atoms with E-state index in [2.05, 4.69) is 67.2 Å². The molecule has 3 atom stereocenters. The fourth-order valence-electron chi connectivity index (χ4n) is 4.58. The SMILES string of the molecule is CC(C)CC(N)C(C)CC(C)(C)C(C)N1CCC(C(C)(C)C)CC1. The van der Waals surface area contributed by atoms with E-state index in [-0.39, 0.29) is 0 Å². The van der Waals surface area contributed by atoms with E-state index in [4.69, 9.17) is 5.73 Å². The van der Waals surface area contributed by atoms with Crippen molar-refractivity contribution in [1.29, 1.82) is 0 Å². The number of nitrogens with zero attached hydrogens (tertiary/aromatic N) is 1. The van der Waals surface area contributed by atoms with Crippen LogP contribution in [0.3, 0.4) is 0 Å². The first-order chi connectivity index (χ1) is 10.8. The van der Waals surface area contributed by atoms with Crippen molar-refractivity contribution in [3.8, 4) is 0 Å². The van der Waals surface area contributed by atoms with Crippen LogP contribution in [-0.2, 0) is 0 Å². The summed E-state index contributed by atoms with van der Waals surface area (Å²) in [6.45, 7) is 24.0. The number of hydrogen-bond donors (Lipinski definition) is 1. The Morgan fingerprint density at radius 2 is 1.46 bits per heavy atom. The quantitative estimate of drug-likeness (QED) is 0.658. The molecular formula is C22H46N2. The van der Waals surface area contributed by atoms with Crippen molar-refractivity contribution in [2.45, 2.75) is 100 Å². The van der Waals surface area contributed by atoms with E-state index in [9.17, 15) is 0 Å². The minimum Gasteiger partial charge on any atom is -0.327 e. The van der Waals surface area contributed by atoms with Crippen LogP contribution in [0.1, 0.15) is 88.0 Å². The summed E-state index contributed by atoms with van der Waals surface area (Å²) in [5, 5.41) is 0. The van der Waals surface area contributed by atoms with Gasteiger partial charge in [0.1, 0.15) is 0 Å². The van der Waals surface area contributed by atoms with Gasteiger partial charge in [-0.15, -0.1) is 0 Å². The molecule has 2 nitrogen and oxygen atoms in total. The lowest BCUT2D eigenvalue weighted by Gasteiger charge is -2.46. The van der Waals surface area contributed by atoms with Gasteiger partial charge in [-0.05, 0) is 74.3 Å². The van der Waals surface area contributed by atoms with Gasteiger partial charge in [0.15, 0.2) is 0 Å². The molecular weight excluding hydrogens is 292 g/mol. The second-order valence-electron chi connectivity index (χ2n) is 10.8. The van der Waals surface area contributed by atoms with E-state index >= 15 is 0 Å². The first-order valence-electron chi connectivity index (χ1n) is 10.3. The molecule has 24 heavy (non-hydrogen) atoms. The highest BCUT2D eigenvalue weighted by atomic mass is 15.2. The highest BCUT2D eigenvalue weighted by Crippen LogP contribution is 2.39. The average molecular weight is 339 g/mol. The molecule has 3 unspecified atom stereocenters. The number of likely N-dealkylation sites (tertiary alicyclic amines) is 1. The lowest BCUT2D eigenvalue weighted by Crippen LogP contribution is -2.49. The lowest BCUT2D eigenvalue weighted by molar-refractivity contribution is 0.0297. The maximum absolute atomic E-state index is 6.46. The number of rotatable bonds is 7. The minimum absolute atomic E-state index is 0.322. The number of piperidine rings is 1. The van der Waals surface area contributed by atoms with Gasteiger partial charge < -0.3 is 10.6 Å². The van der Waals surface area contributed by atoms with Crippen molar-refractivity contribution in [2.24, 2.45) is 34.3 Å². The fraction of sp³-hybridized carbons (Fsp3) is 1.00. The molecule has 0 aliphatic carbocycles. The summed E-state index contributed by atoms with van der Waals surface area (Å²) in [5.74, 6) is 2.17. The molecule has 0 saturated carbocycles. The van der Waals surface area contributed by atoms with E-state index in [0.717, 1.165) is 12.3 Å². The molecule has 0 aromatic heterocycles. The molecule has 0 spiro atoms. The van der Waals surface area contributed by atoms with Crippen molar-refractivity contribution in [3.05, 3.63) is 0 Å². The van der Waals surface area contributed by atoms with Crippen molar-refractivity contribution in [2.75, 3.05) is 13.1 Å². The zero-order valence-electron chi connectivity index (χ0n) is 18.2. The molecule has 0 amide bonds. The van der Waals surface area contributed by atoms with Crippen LogP contribution in [0.15, 0.2) is 0 Å². The van der Waals surface area contributed by atoms with Crippen molar-refractivity contribution < 1.29 is 0 Å². The van der Waals surface area contributed by atoms with Gasteiger partial charge in [-0.2, -0.15) is 0 Å². The summed E-state index contributed by atoms with van der Waals surface area (Å²) >= 11 is 0. The molecule has 1 rings (SSSR count). The Labute approximate surface area is 152 Å². The van der Waals surface area contributed by atoms with Crippen molar-refractivity contribution >= 4 is 0 Å². The third-order valence-electron chi connectivity index (χ3n) is 6.76. The Hall–Kier alpha value is -0.0800. The summed E-state index contributed by atoms with van der Waals surface area (Å²) < 4.78 is 0. The number of nitrogens with two attached hydrogens (primary N) is 1. The summed E-state index contributed by atoms with van der Waals surface area (Å²) in [6, 6.07) is 0.968. The van der Waals surface area contributed by atoms with Crippen LogP contribution < -0.4 is 5.73 Å². The standard InChI is InChI=1S/C22H46N2/c1-16(2)14-20(23)17(3)15-22(8,9)18(4)24-12-10-19(11-13-24)21(5,6)7/h16-20H,10-15,23H2,1-9H3. The first kappa shape index (κ1) is 22.0.